The highest BCUT2D eigenvalue weighted by Gasteiger charge is 2.12. The van der Waals surface area contributed by atoms with Crippen LogP contribution in [0.1, 0.15) is 43.2 Å². The van der Waals surface area contributed by atoms with Crippen LogP contribution in [0.3, 0.4) is 0 Å². The molecule has 1 unspecified atom stereocenters. The molecule has 19 heavy (non-hydrogen) atoms. The van der Waals surface area contributed by atoms with E-state index in [4.69, 9.17) is 0 Å². The van der Waals surface area contributed by atoms with Crippen LogP contribution in [0.5, 0.6) is 0 Å². The Balaban J connectivity index is 2.22. The Bertz CT molecular complexity index is 509. The Hall–Kier alpha value is -1.12. The first-order valence-corrected chi connectivity index (χ1v) is 7.96. The summed E-state index contributed by atoms with van der Waals surface area (Å²) in [6.07, 6.45) is 2.43. The van der Waals surface area contributed by atoms with Crippen molar-refractivity contribution in [2.75, 3.05) is 6.54 Å². The summed E-state index contributed by atoms with van der Waals surface area (Å²) in [5.74, 6) is 0. The van der Waals surface area contributed by atoms with Gasteiger partial charge in [-0.15, -0.1) is 11.3 Å². The maximum absolute atomic E-state index is 3.59. The monoisotopic (exact) mass is 273 g/mol. The van der Waals surface area contributed by atoms with Crippen LogP contribution in [0.15, 0.2) is 36.4 Å². The average Bonchev–Trinajstić information content (AvgIpc) is 2.88. The summed E-state index contributed by atoms with van der Waals surface area (Å²) in [5, 5.41) is 3.59. The molecule has 0 spiro atoms. The van der Waals surface area contributed by atoms with Gasteiger partial charge in [-0.2, -0.15) is 0 Å². The second-order valence-corrected chi connectivity index (χ2v) is 6.09. The number of rotatable bonds is 6. The average molecular weight is 273 g/mol. The smallest absolute Gasteiger partial charge is 0.0414 e. The van der Waals surface area contributed by atoms with Crippen LogP contribution in [0.25, 0.3) is 10.4 Å². The van der Waals surface area contributed by atoms with Crippen molar-refractivity contribution in [2.24, 2.45) is 0 Å². The topological polar surface area (TPSA) is 12.0 Å². The maximum Gasteiger partial charge on any atom is 0.0414 e. The summed E-state index contributed by atoms with van der Waals surface area (Å²) in [6.45, 7) is 7.61. The third-order valence-electron chi connectivity index (χ3n) is 3.30. The van der Waals surface area contributed by atoms with Gasteiger partial charge >= 0.3 is 0 Å². The van der Waals surface area contributed by atoms with Crippen molar-refractivity contribution in [1.82, 2.24) is 5.32 Å². The maximum atomic E-state index is 3.59. The van der Waals surface area contributed by atoms with Crippen molar-refractivity contribution in [3.8, 4) is 10.4 Å². The molecule has 0 radical (unpaired) electrons. The molecule has 0 saturated carbocycles. The number of nitrogens with one attached hydrogen (secondary N) is 1. The lowest BCUT2D eigenvalue weighted by molar-refractivity contribution is 0.516. The van der Waals surface area contributed by atoms with Crippen LogP contribution >= 0.6 is 11.3 Å². The molecular formula is C17H23NS. The van der Waals surface area contributed by atoms with Gasteiger partial charge < -0.3 is 5.32 Å². The van der Waals surface area contributed by atoms with E-state index in [1.165, 1.54) is 33.7 Å². The standard InChI is InChI=1S/C17H23NS/c1-4-7-15(18-5-2)17-11-10-16(19-17)14-9-6-8-13(3)12-14/h6,8-12,15,18H,4-5,7H2,1-3H3. The molecule has 2 rings (SSSR count). The second kappa shape index (κ2) is 6.88. The molecule has 1 aromatic heterocycles. The minimum Gasteiger partial charge on any atom is -0.310 e. The van der Waals surface area contributed by atoms with Crippen molar-refractivity contribution >= 4 is 11.3 Å². The molecule has 0 aliphatic rings. The van der Waals surface area contributed by atoms with Gasteiger partial charge in [-0.3, -0.25) is 0 Å². The van der Waals surface area contributed by atoms with Crippen molar-refractivity contribution < 1.29 is 0 Å². The van der Waals surface area contributed by atoms with Crippen molar-refractivity contribution in [1.29, 1.82) is 0 Å². The van der Waals surface area contributed by atoms with Crippen molar-refractivity contribution in [2.45, 2.75) is 39.7 Å². The summed E-state index contributed by atoms with van der Waals surface area (Å²) >= 11 is 1.92. The minimum atomic E-state index is 0.513. The van der Waals surface area contributed by atoms with Gasteiger partial charge in [0.25, 0.3) is 0 Å². The lowest BCUT2D eigenvalue weighted by atomic mass is 10.1. The molecule has 1 atom stereocenters. The number of benzene rings is 1. The Morgan fingerprint density at radius 2 is 2.00 bits per heavy atom. The number of hydrogen-bond acceptors (Lipinski definition) is 2. The molecule has 1 heterocycles. The van der Waals surface area contributed by atoms with Gasteiger partial charge in [0.1, 0.15) is 0 Å². The van der Waals surface area contributed by atoms with Crippen LogP contribution in [-0.4, -0.2) is 6.54 Å². The highest BCUT2D eigenvalue weighted by molar-refractivity contribution is 7.15. The Kier molecular flexibility index (Phi) is 5.17. The van der Waals surface area contributed by atoms with E-state index in [0.29, 0.717) is 6.04 Å². The van der Waals surface area contributed by atoms with E-state index in [9.17, 15) is 0 Å². The number of thiophene rings is 1. The zero-order valence-corrected chi connectivity index (χ0v) is 12.9. The fourth-order valence-corrected chi connectivity index (χ4v) is 3.49. The van der Waals surface area contributed by atoms with E-state index < -0.39 is 0 Å². The summed E-state index contributed by atoms with van der Waals surface area (Å²) in [7, 11) is 0. The Morgan fingerprint density at radius 1 is 1.16 bits per heavy atom. The largest absolute Gasteiger partial charge is 0.310 e. The van der Waals surface area contributed by atoms with Crippen LogP contribution in [0.2, 0.25) is 0 Å². The van der Waals surface area contributed by atoms with Gasteiger partial charge in [-0.25, -0.2) is 0 Å². The SMILES string of the molecule is CCCC(NCC)c1ccc(-c2cccc(C)c2)s1. The highest BCUT2D eigenvalue weighted by atomic mass is 32.1. The van der Waals surface area contributed by atoms with Crippen molar-refractivity contribution in [3.63, 3.8) is 0 Å². The van der Waals surface area contributed by atoms with E-state index in [2.05, 4.69) is 62.5 Å². The lowest BCUT2D eigenvalue weighted by Crippen LogP contribution is -2.19. The van der Waals surface area contributed by atoms with E-state index in [1.807, 2.05) is 11.3 Å². The van der Waals surface area contributed by atoms with Crippen LogP contribution in [0, 0.1) is 6.92 Å². The van der Waals surface area contributed by atoms with Gasteiger partial charge in [-0.05, 0) is 37.6 Å². The number of hydrogen-bond donors (Lipinski definition) is 1. The summed E-state index contributed by atoms with van der Waals surface area (Å²) in [4.78, 5) is 2.83. The molecule has 0 fully saturated rings. The summed E-state index contributed by atoms with van der Waals surface area (Å²) in [5.41, 5.74) is 2.66. The van der Waals surface area contributed by atoms with Gasteiger partial charge in [0.2, 0.25) is 0 Å². The fraction of sp³-hybridized carbons (Fsp3) is 0.412. The Morgan fingerprint density at radius 3 is 2.68 bits per heavy atom. The normalized spacial score (nSPS) is 12.6. The minimum absolute atomic E-state index is 0.513. The molecule has 1 aromatic carbocycles. The molecular weight excluding hydrogens is 250 g/mol. The molecule has 1 N–H and O–H groups in total. The first kappa shape index (κ1) is 14.3. The first-order valence-electron chi connectivity index (χ1n) is 7.14. The third kappa shape index (κ3) is 3.68. The molecule has 2 aromatic rings. The van der Waals surface area contributed by atoms with E-state index in [0.717, 1.165) is 6.54 Å². The zero-order chi connectivity index (χ0) is 13.7. The van der Waals surface area contributed by atoms with E-state index in [1.54, 1.807) is 0 Å². The molecule has 0 aliphatic carbocycles. The molecule has 2 heteroatoms. The molecule has 0 amide bonds. The summed E-state index contributed by atoms with van der Waals surface area (Å²) < 4.78 is 0. The lowest BCUT2D eigenvalue weighted by Gasteiger charge is -2.15. The molecule has 0 saturated heterocycles. The van der Waals surface area contributed by atoms with E-state index in [-0.39, 0.29) is 0 Å². The first-order chi connectivity index (χ1) is 9.24. The zero-order valence-electron chi connectivity index (χ0n) is 12.1. The molecule has 1 nitrogen and oxygen atoms in total. The van der Waals surface area contributed by atoms with Crippen molar-refractivity contribution in [3.05, 3.63) is 46.8 Å². The molecule has 0 bridgehead atoms. The third-order valence-corrected chi connectivity index (χ3v) is 4.55. The van der Waals surface area contributed by atoms with Gasteiger partial charge in [0, 0.05) is 15.8 Å². The van der Waals surface area contributed by atoms with Crippen LogP contribution in [0.4, 0.5) is 0 Å². The van der Waals surface area contributed by atoms with Gasteiger partial charge in [-0.1, -0.05) is 50.1 Å². The quantitative estimate of drug-likeness (QED) is 0.765. The van der Waals surface area contributed by atoms with Gasteiger partial charge in [0.05, 0.1) is 0 Å². The predicted molar refractivity (Wildman–Crippen MR) is 85.8 cm³/mol. The van der Waals surface area contributed by atoms with Crippen LogP contribution in [-0.2, 0) is 0 Å². The molecule has 102 valence electrons. The second-order valence-electron chi connectivity index (χ2n) is 4.97. The predicted octanol–water partition coefficient (Wildman–Crippen LogP) is 5.17. The summed E-state index contributed by atoms with van der Waals surface area (Å²) in [6, 6.07) is 13.8. The fourth-order valence-electron chi connectivity index (χ4n) is 2.37. The van der Waals surface area contributed by atoms with Crippen LogP contribution < -0.4 is 5.32 Å². The Labute approximate surface area is 120 Å². The van der Waals surface area contributed by atoms with E-state index >= 15 is 0 Å². The highest BCUT2D eigenvalue weighted by Crippen LogP contribution is 2.33. The van der Waals surface area contributed by atoms with Gasteiger partial charge in [0.15, 0.2) is 0 Å². The molecule has 0 aliphatic heterocycles. The number of aryl methyl sites for hydroxylation is 1.